The highest BCUT2D eigenvalue weighted by atomic mass is 32.2. The van der Waals surface area contributed by atoms with Crippen molar-refractivity contribution in [3.05, 3.63) is 0 Å². The van der Waals surface area contributed by atoms with Gasteiger partial charge in [0.25, 0.3) is 0 Å². The van der Waals surface area contributed by atoms with E-state index in [9.17, 15) is 9.59 Å². The average Bonchev–Trinajstić information content (AvgIpc) is 2.68. The van der Waals surface area contributed by atoms with Gasteiger partial charge >= 0.3 is 5.97 Å². The van der Waals surface area contributed by atoms with Crippen molar-refractivity contribution in [2.75, 3.05) is 5.75 Å². The van der Waals surface area contributed by atoms with Crippen LogP contribution >= 0.6 is 11.8 Å². The first-order chi connectivity index (χ1) is 7.13. The maximum atomic E-state index is 11.7. The lowest BCUT2D eigenvalue weighted by Crippen LogP contribution is -2.40. The molecule has 0 bridgehead atoms. The second-order valence-electron chi connectivity index (χ2n) is 3.71. The molecule has 0 aromatic rings. The predicted molar refractivity (Wildman–Crippen MR) is 60.0 cm³/mol. The second kappa shape index (κ2) is 6.00. The number of rotatable bonds is 5. The van der Waals surface area contributed by atoms with E-state index >= 15 is 0 Å². The normalized spacial score (nSPS) is 22.3. The van der Waals surface area contributed by atoms with Gasteiger partial charge in [-0.3, -0.25) is 9.59 Å². The maximum absolute atomic E-state index is 11.7. The molecule has 0 radical (unpaired) electrons. The zero-order valence-electron chi connectivity index (χ0n) is 8.86. The molecular formula is C10H17NO3S. The zero-order valence-corrected chi connectivity index (χ0v) is 9.68. The average molecular weight is 231 g/mol. The number of aliphatic carboxylic acids is 1. The number of carbonyl (C=O) groups is 2. The van der Waals surface area contributed by atoms with Crippen LogP contribution in [0.5, 0.6) is 0 Å². The van der Waals surface area contributed by atoms with E-state index in [1.165, 1.54) is 0 Å². The molecule has 0 saturated carbocycles. The van der Waals surface area contributed by atoms with E-state index in [1.807, 2.05) is 6.92 Å². The molecule has 2 atom stereocenters. The molecule has 1 fully saturated rings. The molecule has 4 nitrogen and oxygen atoms in total. The summed E-state index contributed by atoms with van der Waals surface area (Å²) in [6.07, 6.45) is 2.67. The second-order valence-corrected chi connectivity index (χ2v) is 5.02. The monoisotopic (exact) mass is 231 g/mol. The van der Waals surface area contributed by atoms with Crippen LogP contribution in [0.25, 0.3) is 0 Å². The summed E-state index contributed by atoms with van der Waals surface area (Å²) in [4.78, 5) is 22.2. The number of amides is 1. The van der Waals surface area contributed by atoms with Crippen molar-refractivity contribution in [1.82, 2.24) is 5.32 Å². The largest absolute Gasteiger partial charge is 0.481 e. The minimum atomic E-state index is -0.860. The Morgan fingerprint density at radius 2 is 2.33 bits per heavy atom. The fraction of sp³-hybridized carbons (Fsp3) is 0.800. The molecule has 1 aliphatic rings. The summed E-state index contributed by atoms with van der Waals surface area (Å²) in [5.41, 5.74) is 0. The lowest BCUT2D eigenvalue weighted by molar-refractivity contribution is -0.137. The molecule has 0 aliphatic carbocycles. The highest BCUT2D eigenvalue weighted by molar-refractivity contribution is 8.00. The van der Waals surface area contributed by atoms with Gasteiger partial charge in [0, 0.05) is 6.04 Å². The fourth-order valence-corrected chi connectivity index (χ4v) is 2.76. The van der Waals surface area contributed by atoms with Crippen molar-refractivity contribution in [1.29, 1.82) is 0 Å². The molecule has 0 aromatic carbocycles. The van der Waals surface area contributed by atoms with Crippen molar-refractivity contribution in [2.24, 2.45) is 0 Å². The third-order valence-corrected chi connectivity index (χ3v) is 3.86. The van der Waals surface area contributed by atoms with Gasteiger partial charge in [-0.15, -0.1) is 11.8 Å². The van der Waals surface area contributed by atoms with Gasteiger partial charge in [-0.25, -0.2) is 0 Å². The molecule has 1 heterocycles. The van der Waals surface area contributed by atoms with E-state index < -0.39 is 5.97 Å². The molecule has 15 heavy (non-hydrogen) atoms. The smallest absolute Gasteiger partial charge is 0.305 e. The highest BCUT2D eigenvalue weighted by Gasteiger charge is 2.25. The number of hydrogen-bond acceptors (Lipinski definition) is 3. The first-order valence-electron chi connectivity index (χ1n) is 5.27. The molecular weight excluding hydrogens is 214 g/mol. The molecule has 1 aliphatic heterocycles. The third kappa shape index (κ3) is 4.11. The predicted octanol–water partition coefficient (Wildman–Crippen LogP) is 1.25. The Morgan fingerprint density at radius 1 is 1.60 bits per heavy atom. The van der Waals surface area contributed by atoms with Crippen LogP contribution in [-0.2, 0) is 9.59 Å². The molecule has 0 spiro atoms. The lowest BCUT2D eigenvalue weighted by atomic mass is 10.1. The summed E-state index contributed by atoms with van der Waals surface area (Å²) in [7, 11) is 0. The summed E-state index contributed by atoms with van der Waals surface area (Å²) in [6.45, 7) is 1.88. The van der Waals surface area contributed by atoms with Gasteiger partial charge in [-0.2, -0.15) is 0 Å². The Bertz CT molecular complexity index is 239. The van der Waals surface area contributed by atoms with Gasteiger partial charge in [0.2, 0.25) is 5.91 Å². The zero-order chi connectivity index (χ0) is 11.3. The van der Waals surface area contributed by atoms with Crippen molar-refractivity contribution in [3.63, 3.8) is 0 Å². The maximum Gasteiger partial charge on any atom is 0.305 e. The molecule has 1 amide bonds. The van der Waals surface area contributed by atoms with Gasteiger partial charge in [-0.05, 0) is 25.0 Å². The first-order valence-corrected chi connectivity index (χ1v) is 6.32. The fourth-order valence-electron chi connectivity index (χ4n) is 1.59. The van der Waals surface area contributed by atoms with Crippen LogP contribution in [0.4, 0.5) is 0 Å². The van der Waals surface area contributed by atoms with Crippen LogP contribution < -0.4 is 5.32 Å². The first kappa shape index (κ1) is 12.4. The van der Waals surface area contributed by atoms with Crippen molar-refractivity contribution >= 4 is 23.6 Å². The van der Waals surface area contributed by atoms with Gasteiger partial charge in [0.15, 0.2) is 0 Å². The quantitative estimate of drug-likeness (QED) is 0.747. The number of carboxylic acid groups (broad SMARTS) is 1. The van der Waals surface area contributed by atoms with Crippen molar-refractivity contribution in [2.45, 2.75) is 43.9 Å². The van der Waals surface area contributed by atoms with Crippen LogP contribution in [0, 0.1) is 0 Å². The number of thioether (sulfide) groups is 1. The Morgan fingerprint density at radius 3 is 2.80 bits per heavy atom. The Labute approximate surface area is 93.8 Å². The molecule has 1 saturated heterocycles. The van der Waals surface area contributed by atoms with Crippen LogP contribution in [0.15, 0.2) is 0 Å². The summed E-state index contributed by atoms with van der Waals surface area (Å²) in [6, 6.07) is -0.226. The third-order valence-electron chi connectivity index (χ3n) is 2.48. The SMILES string of the molecule is CCC(CC(=O)O)NC(=O)C1CCCS1. The van der Waals surface area contributed by atoms with Gasteiger partial charge in [-0.1, -0.05) is 6.92 Å². The molecule has 2 N–H and O–H groups in total. The van der Waals surface area contributed by atoms with Crippen LogP contribution in [0.1, 0.15) is 32.6 Å². The minimum Gasteiger partial charge on any atom is -0.481 e. The van der Waals surface area contributed by atoms with Gasteiger partial charge in [0.1, 0.15) is 0 Å². The van der Waals surface area contributed by atoms with Crippen LogP contribution in [-0.4, -0.2) is 34.0 Å². The topological polar surface area (TPSA) is 66.4 Å². The van der Waals surface area contributed by atoms with E-state index in [2.05, 4.69) is 5.32 Å². The van der Waals surface area contributed by atoms with Gasteiger partial charge < -0.3 is 10.4 Å². The van der Waals surface area contributed by atoms with Crippen LogP contribution in [0.3, 0.4) is 0 Å². The lowest BCUT2D eigenvalue weighted by Gasteiger charge is -2.17. The van der Waals surface area contributed by atoms with Gasteiger partial charge in [0.05, 0.1) is 11.7 Å². The van der Waals surface area contributed by atoms with E-state index in [0.29, 0.717) is 6.42 Å². The summed E-state index contributed by atoms with van der Waals surface area (Å²) in [5.74, 6) is 0.181. The highest BCUT2D eigenvalue weighted by Crippen LogP contribution is 2.26. The number of carbonyl (C=O) groups excluding carboxylic acids is 1. The van der Waals surface area contributed by atoms with E-state index in [-0.39, 0.29) is 23.6 Å². The standard InChI is InChI=1S/C10H17NO3S/c1-2-7(6-9(12)13)11-10(14)8-4-3-5-15-8/h7-8H,2-6H2,1H3,(H,11,14)(H,12,13). The number of nitrogens with one attached hydrogen (secondary N) is 1. The number of carboxylic acids is 1. The Balaban J connectivity index is 2.36. The summed E-state index contributed by atoms with van der Waals surface area (Å²) in [5, 5.41) is 11.5. The molecule has 1 rings (SSSR count). The molecule has 0 aromatic heterocycles. The number of hydrogen-bond donors (Lipinski definition) is 2. The van der Waals surface area contributed by atoms with Crippen molar-refractivity contribution in [3.8, 4) is 0 Å². The van der Waals surface area contributed by atoms with Crippen molar-refractivity contribution < 1.29 is 14.7 Å². The molecule has 86 valence electrons. The molecule has 5 heteroatoms. The minimum absolute atomic E-state index is 0.00519. The Hall–Kier alpha value is -0.710. The summed E-state index contributed by atoms with van der Waals surface area (Å²) < 4.78 is 0. The summed E-state index contributed by atoms with van der Waals surface area (Å²) >= 11 is 1.66. The van der Waals surface area contributed by atoms with Crippen LogP contribution in [0.2, 0.25) is 0 Å². The van der Waals surface area contributed by atoms with E-state index in [1.54, 1.807) is 11.8 Å². The van der Waals surface area contributed by atoms with E-state index in [0.717, 1.165) is 18.6 Å². The Kier molecular flexibility index (Phi) is 4.94. The molecule has 2 unspecified atom stereocenters. The van der Waals surface area contributed by atoms with E-state index in [4.69, 9.17) is 5.11 Å².